The molecule has 13 heavy (non-hydrogen) atoms. The highest BCUT2D eigenvalue weighted by molar-refractivity contribution is 9.12. The molecule has 0 atom stereocenters. The average Bonchev–Trinajstić information content (AvgIpc) is 2.09. The van der Waals surface area contributed by atoms with Crippen molar-refractivity contribution >= 4 is 28.2 Å². The molecule has 0 aliphatic rings. The van der Waals surface area contributed by atoms with E-state index in [1.807, 2.05) is 37.3 Å². The highest BCUT2D eigenvalue weighted by atomic mass is 79.9. The maximum atomic E-state index is 8.28. The average molecular weight is 240 g/mol. The molecule has 0 saturated heterocycles. The Bertz CT molecular complexity index is 345. The first-order valence-electron chi connectivity index (χ1n) is 3.84. The summed E-state index contributed by atoms with van der Waals surface area (Å²) in [7, 11) is 0. The molecule has 0 saturated carbocycles. The van der Waals surface area contributed by atoms with E-state index in [1.165, 1.54) is 11.8 Å². The predicted molar refractivity (Wildman–Crippen MR) is 58.4 cm³/mol. The lowest BCUT2D eigenvalue weighted by Gasteiger charge is -1.98. The Morgan fingerprint density at radius 1 is 1.46 bits per heavy atom. The number of hydrogen-bond acceptors (Lipinski definition) is 2. The van der Waals surface area contributed by atoms with E-state index >= 15 is 0 Å². The van der Waals surface area contributed by atoms with Crippen molar-refractivity contribution in [1.29, 1.82) is 0 Å². The molecule has 0 unspecified atom stereocenters. The predicted octanol–water partition coefficient (Wildman–Crippen LogP) is 3.19. The molecule has 1 aromatic rings. The van der Waals surface area contributed by atoms with Crippen LogP contribution in [0.5, 0.6) is 0 Å². The zero-order valence-corrected chi connectivity index (χ0v) is 8.82. The van der Waals surface area contributed by atoms with Crippen LogP contribution in [0.4, 0.5) is 0 Å². The molecule has 1 rings (SSSR count). The van der Waals surface area contributed by atoms with Crippen molar-refractivity contribution in [3.8, 4) is 0 Å². The maximum Gasteiger partial charge on any atom is 0.0803 e. The van der Waals surface area contributed by atoms with E-state index < -0.39 is 0 Å². The van der Waals surface area contributed by atoms with E-state index in [0.717, 1.165) is 10.0 Å². The summed E-state index contributed by atoms with van der Waals surface area (Å²) in [5.41, 5.74) is 2.29. The van der Waals surface area contributed by atoms with Gasteiger partial charge in [-0.1, -0.05) is 29.4 Å². The van der Waals surface area contributed by atoms with Crippen LogP contribution < -0.4 is 0 Å². The third kappa shape index (κ3) is 3.03. The molecule has 0 spiro atoms. The fourth-order valence-electron chi connectivity index (χ4n) is 0.990. The van der Waals surface area contributed by atoms with Crippen molar-refractivity contribution < 1.29 is 5.21 Å². The van der Waals surface area contributed by atoms with Crippen LogP contribution in [0.3, 0.4) is 0 Å². The highest BCUT2D eigenvalue weighted by Crippen LogP contribution is 2.13. The van der Waals surface area contributed by atoms with Crippen LogP contribution in [0.2, 0.25) is 0 Å². The van der Waals surface area contributed by atoms with Crippen molar-refractivity contribution in [2.75, 3.05) is 0 Å². The number of halogens is 1. The Kier molecular flexibility index (Phi) is 3.71. The molecule has 0 aromatic heterocycles. The van der Waals surface area contributed by atoms with Crippen molar-refractivity contribution in [3.05, 3.63) is 39.9 Å². The normalized spacial score (nSPS) is 12.3. The maximum absolute atomic E-state index is 8.28. The third-order valence-corrected chi connectivity index (χ3v) is 2.10. The Morgan fingerprint density at radius 3 is 2.77 bits per heavy atom. The largest absolute Gasteiger partial charge is 0.411 e. The molecule has 1 aromatic carbocycles. The number of oxime groups is 1. The first-order valence-corrected chi connectivity index (χ1v) is 4.63. The standard InChI is InChI=1S/C10H10BrNO/c1-8-4-2-3-5-9(8)6-10(11)7-12-13/h2-7,13H,1H3/b10-6+,12-7+. The Balaban J connectivity index is 2.97. The third-order valence-electron chi connectivity index (χ3n) is 1.66. The van der Waals surface area contributed by atoms with Gasteiger partial charge >= 0.3 is 0 Å². The van der Waals surface area contributed by atoms with Crippen LogP contribution in [0.1, 0.15) is 11.1 Å². The molecule has 0 bridgehead atoms. The van der Waals surface area contributed by atoms with Gasteiger partial charge in [0.1, 0.15) is 0 Å². The quantitative estimate of drug-likeness (QED) is 0.480. The fourth-order valence-corrected chi connectivity index (χ4v) is 1.33. The molecule has 0 heterocycles. The van der Waals surface area contributed by atoms with Gasteiger partial charge in [-0.2, -0.15) is 0 Å². The van der Waals surface area contributed by atoms with Crippen molar-refractivity contribution in [1.82, 2.24) is 0 Å². The lowest BCUT2D eigenvalue weighted by molar-refractivity contribution is 0.322. The van der Waals surface area contributed by atoms with Gasteiger partial charge in [0.25, 0.3) is 0 Å². The lowest BCUT2D eigenvalue weighted by Crippen LogP contribution is -1.80. The van der Waals surface area contributed by atoms with E-state index in [-0.39, 0.29) is 0 Å². The van der Waals surface area contributed by atoms with Crippen LogP contribution in [0, 0.1) is 6.92 Å². The Labute approximate surface area is 85.7 Å². The SMILES string of the molecule is Cc1ccccc1/C=C(Br)\C=N\O. The first kappa shape index (κ1) is 9.99. The Hall–Kier alpha value is -1.09. The zero-order valence-electron chi connectivity index (χ0n) is 7.24. The second-order valence-corrected chi connectivity index (χ2v) is 3.55. The summed E-state index contributed by atoms with van der Waals surface area (Å²) in [6, 6.07) is 7.99. The molecule has 0 fully saturated rings. The molecular formula is C10H10BrNO. The van der Waals surface area contributed by atoms with Gasteiger partial charge in [0, 0.05) is 4.48 Å². The Morgan fingerprint density at radius 2 is 2.15 bits per heavy atom. The van der Waals surface area contributed by atoms with E-state index in [0.29, 0.717) is 0 Å². The number of hydrogen-bond donors (Lipinski definition) is 1. The summed E-state index contributed by atoms with van der Waals surface area (Å²) >= 11 is 3.26. The van der Waals surface area contributed by atoms with Gasteiger partial charge in [-0.25, -0.2) is 0 Å². The molecule has 0 amide bonds. The van der Waals surface area contributed by atoms with Gasteiger partial charge in [-0.05, 0) is 40.1 Å². The van der Waals surface area contributed by atoms with E-state index in [4.69, 9.17) is 5.21 Å². The lowest BCUT2D eigenvalue weighted by atomic mass is 10.1. The molecule has 3 heteroatoms. The van der Waals surface area contributed by atoms with Crippen LogP contribution in [-0.4, -0.2) is 11.4 Å². The van der Waals surface area contributed by atoms with E-state index in [9.17, 15) is 0 Å². The van der Waals surface area contributed by atoms with Crippen LogP contribution in [0.25, 0.3) is 6.08 Å². The smallest absolute Gasteiger partial charge is 0.0803 e. The van der Waals surface area contributed by atoms with Crippen molar-refractivity contribution in [2.45, 2.75) is 6.92 Å². The highest BCUT2D eigenvalue weighted by Gasteiger charge is 1.93. The topological polar surface area (TPSA) is 32.6 Å². The van der Waals surface area contributed by atoms with Gasteiger partial charge < -0.3 is 5.21 Å². The number of allylic oxidation sites excluding steroid dienone is 1. The molecular weight excluding hydrogens is 230 g/mol. The fraction of sp³-hybridized carbons (Fsp3) is 0.100. The van der Waals surface area contributed by atoms with E-state index in [1.54, 1.807) is 0 Å². The molecule has 0 aliphatic heterocycles. The number of rotatable bonds is 2. The molecule has 2 nitrogen and oxygen atoms in total. The first-order chi connectivity index (χ1) is 6.24. The summed E-state index contributed by atoms with van der Waals surface area (Å²) in [6.07, 6.45) is 3.24. The van der Waals surface area contributed by atoms with Gasteiger partial charge in [0.05, 0.1) is 6.21 Å². The second-order valence-electron chi connectivity index (χ2n) is 2.63. The minimum absolute atomic E-state index is 0.740. The van der Waals surface area contributed by atoms with Gasteiger partial charge in [0.15, 0.2) is 0 Å². The number of aryl methyl sites for hydroxylation is 1. The van der Waals surface area contributed by atoms with Gasteiger partial charge in [0.2, 0.25) is 0 Å². The van der Waals surface area contributed by atoms with Gasteiger partial charge in [-0.15, -0.1) is 0 Å². The second kappa shape index (κ2) is 4.82. The zero-order chi connectivity index (χ0) is 9.68. The number of benzene rings is 1. The van der Waals surface area contributed by atoms with Crippen molar-refractivity contribution in [3.63, 3.8) is 0 Å². The minimum atomic E-state index is 0.740. The summed E-state index contributed by atoms with van der Waals surface area (Å²) < 4.78 is 0.740. The summed E-state index contributed by atoms with van der Waals surface area (Å²) in [4.78, 5) is 0. The molecule has 0 radical (unpaired) electrons. The summed E-state index contributed by atoms with van der Waals surface area (Å²) in [5.74, 6) is 0. The number of nitrogens with zero attached hydrogens (tertiary/aromatic N) is 1. The monoisotopic (exact) mass is 239 g/mol. The van der Waals surface area contributed by atoms with Crippen LogP contribution in [0.15, 0.2) is 33.9 Å². The van der Waals surface area contributed by atoms with Crippen molar-refractivity contribution in [2.24, 2.45) is 5.16 Å². The van der Waals surface area contributed by atoms with E-state index in [2.05, 4.69) is 21.1 Å². The van der Waals surface area contributed by atoms with Crippen LogP contribution >= 0.6 is 15.9 Å². The molecule has 1 N–H and O–H groups in total. The summed E-state index contributed by atoms with van der Waals surface area (Å²) in [5, 5.41) is 11.2. The molecule has 0 aliphatic carbocycles. The van der Waals surface area contributed by atoms with Crippen LogP contribution in [-0.2, 0) is 0 Å². The molecule has 68 valence electrons. The minimum Gasteiger partial charge on any atom is -0.411 e. The summed E-state index contributed by atoms with van der Waals surface area (Å²) in [6.45, 7) is 2.03. The van der Waals surface area contributed by atoms with Gasteiger partial charge in [-0.3, -0.25) is 0 Å².